The van der Waals surface area contributed by atoms with E-state index in [-0.39, 0.29) is 0 Å². The van der Waals surface area contributed by atoms with E-state index in [1.54, 1.807) is 0 Å². The Morgan fingerprint density at radius 2 is 2.16 bits per heavy atom. The zero-order chi connectivity index (χ0) is 13.2. The van der Waals surface area contributed by atoms with Crippen molar-refractivity contribution in [1.29, 1.82) is 0 Å². The molecular weight excluding hydrogens is 258 g/mol. The standard InChI is InChI=1S/C14H13N3OS/c1-9(2)16-17-14-15-11(8-19-14)13-7-10-5-3-4-6-12(10)18-13/h3-8H,1-2H3,(H,15,17). The highest BCUT2D eigenvalue weighted by molar-refractivity contribution is 7.14. The Hall–Kier alpha value is -2.14. The van der Waals surface area contributed by atoms with Gasteiger partial charge in [-0.1, -0.05) is 18.2 Å². The van der Waals surface area contributed by atoms with E-state index in [0.29, 0.717) is 0 Å². The lowest BCUT2D eigenvalue weighted by atomic mass is 10.2. The van der Waals surface area contributed by atoms with Gasteiger partial charge in [-0.05, 0) is 26.0 Å². The average Bonchev–Trinajstić information content (AvgIpc) is 3.02. The number of thiazole rings is 1. The van der Waals surface area contributed by atoms with Crippen molar-refractivity contribution in [2.24, 2.45) is 5.10 Å². The van der Waals surface area contributed by atoms with Gasteiger partial charge in [0.25, 0.3) is 0 Å². The topological polar surface area (TPSA) is 50.4 Å². The lowest BCUT2D eigenvalue weighted by Crippen LogP contribution is -1.91. The van der Waals surface area contributed by atoms with E-state index in [1.165, 1.54) is 11.3 Å². The molecule has 3 aromatic rings. The van der Waals surface area contributed by atoms with Gasteiger partial charge in [0.05, 0.1) is 0 Å². The number of fused-ring (bicyclic) bond motifs is 1. The van der Waals surface area contributed by atoms with Crippen molar-refractivity contribution < 1.29 is 4.42 Å². The van der Waals surface area contributed by atoms with Gasteiger partial charge in [0.1, 0.15) is 11.3 Å². The summed E-state index contributed by atoms with van der Waals surface area (Å²) in [7, 11) is 0. The fourth-order valence-electron chi connectivity index (χ4n) is 1.71. The maximum absolute atomic E-state index is 5.77. The molecule has 0 unspecified atom stereocenters. The van der Waals surface area contributed by atoms with Gasteiger partial charge in [0, 0.05) is 16.5 Å². The molecule has 1 aromatic carbocycles. The smallest absolute Gasteiger partial charge is 0.203 e. The minimum Gasteiger partial charge on any atom is -0.454 e. The van der Waals surface area contributed by atoms with Crippen LogP contribution in [-0.2, 0) is 0 Å². The Balaban J connectivity index is 1.91. The number of hydrogen-bond acceptors (Lipinski definition) is 5. The molecule has 0 amide bonds. The Morgan fingerprint density at radius 3 is 2.95 bits per heavy atom. The van der Waals surface area contributed by atoms with E-state index < -0.39 is 0 Å². The summed E-state index contributed by atoms with van der Waals surface area (Å²) in [5, 5.41) is 7.93. The average molecular weight is 271 g/mol. The fraction of sp³-hybridized carbons (Fsp3) is 0.143. The number of nitrogens with one attached hydrogen (secondary N) is 1. The minimum atomic E-state index is 0.761. The third kappa shape index (κ3) is 2.51. The molecule has 5 heteroatoms. The summed E-state index contributed by atoms with van der Waals surface area (Å²) >= 11 is 1.51. The summed E-state index contributed by atoms with van der Waals surface area (Å²) < 4.78 is 5.77. The van der Waals surface area contributed by atoms with Gasteiger partial charge in [-0.15, -0.1) is 11.3 Å². The van der Waals surface area contributed by atoms with Crippen molar-refractivity contribution in [3.8, 4) is 11.5 Å². The summed E-state index contributed by atoms with van der Waals surface area (Å²) in [6, 6.07) is 9.94. The molecule has 0 saturated heterocycles. The Labute approximate surface area is 114 Å². The lowest BCUT2D eigenvalue weighted by Gasteiger charge is -1.93. The van der Waals surface area contributed by atoms with Crippen LogP contribution in [0.1, 0.15) is 13.8 Å². The van der Waals surface area contributed by atoms with E-state index in [4.69, 9.17) is 4.42 Å². The van der Waals surface area contributed by atoms with Crippen molar-refractivity contribution >= 4 is 33.1 Å². The second-order valence-corrected chi connectivity index (χ2v) is 5.22. The third-order valence-corrected chi connectivity index (χ3v) is 3.30. The fourth-order valence-corrected chi connectivity index (χ4v) is 2.35. The molecule has 0 spiro atoms. The first-order valence-electron chi connectivity index (χ1n) is 5.94. The van der Waals surface area contributed by atoms with Crippen LogP contribution in [0, 0.1) is 0 Å². The Morgan fingerprint density at radius 1 is 1.32 bits per heavy atom. The molecule has 0 aliphatic heterocycles. The van der Waals surface area contributed by atoms with Crippen LogP contribution in [0.25, 0.3) is 22.4 Å². The summed E-state index contributed by atoms with van der Waals surface area (Å²) in [4.78, 5) is 4.45. The van der Waals surface area contributed by atoms with Crippen molar-refractivity contribution in [1.82, 2.24) is 4.98 Å². The monoisotopic (exact) mass is 271 g/mol. The molecule has 96 valence electrons. The van der Waals surface area contributed by atoms with Crippen LogP contribution in [0.2, 0.25) is 0 Å². The molecule has 0 radical (unpaired) electrons. The molecule has 2 aromatic heterocycles. The van der Waals surface area contributed by atoms with Crippen molar-refractivity contribution in [2.45, 2.75) is 13.8 Å². The second-order valence-electron chi connectivity index (χ2n) is 4.36. The summed E-state index contributed by atoms with van der Waals surface area (Å²) in [6.07, 6.45) is 0. The molecule has 4 nitrogen and oxygen atoms in total. The highest BCUT2D eigenvalue weighted by Crippen LogP contribution is 2.30. The normalized spacial score (nSPS) is 10.6. The van der Waals surface area contributed by atoms with Gasteiger partial charge in [-0.25, -0.2) is 4.98 Å². The maximum atomic E-state index is 5.77. The molecule has 0 aliphatic rings. The van der Waals surface area contributed by atoms with E-state index in [0.717, 1.165) is 33.3 Å². The largest absolute Gasteiger partial charge is 0.454 e. The molecule has 2 heterocycles. The summed E-state index contributed by atoms with van der Waals surface area (Å²) in [5.74, 6) is 0.780. The zero-order valence-corrected chi connectivity index (χ0v) is 11.5. The molecule has 0 atom stereocenters. The quantitative estimate of drug-likeness (QED) is 0.568. The lowest BCUT2D eigenvalue weighted by molar-refractivity contribution is 0.629. The van der Waals surface area contributed by atoms with Crippen LogP contribution >= 0.6 is 11.3 Å². The second kappa shape index (κ2) is 4.85. The van der Waals surface area contributed by atoms with Gasteiger partial charge in [-0.2, -0.15) is 5.10 Å². The number of furan rings is 1. The molecule has 0 bridgehead atoms. The number of para-hydroxylation sites is 1. The van der Waals surface area contributed by atoms with Gasteiger partial charge < -0.3 is 4.42 Å². The molecule has 0 aliphatic carbocycles. The summed E-state index contributed by atoms with van der Waals surface area (Å²) in [6.45, 7) is 3.86. The molecule has 0 saturated carbocycles. The molecule has 19 heavy (non-hydrogen) atoms. The van der Waals surface area contributed by atoms with Crippen LogP contribution in [0.4, 0.5) is 5.13 Å². The number of aromatic nitrogens is 1. The van der Waals surface area contributed by atoms with Gasteiger partial charge >= 0.3 is 0 Å². The van der Waals surface area contributed by atoms with Crippen molar-refractivity contribution in [3.63, 3.8) is 0 Å². The predicted octanol–water partition coefficient (Wildman–Crippen LogP) is 4.36. The van der Waals surface area contributed by atoms with E-state index >= 15 is 0 Å². The highest BCUT2D eigenvalue weighted by atomic mass is 32.1. The highest BCUT2D eigenvalue weighted by Gasteiger charge is 2.09. The van der Waals surface area contributed by atoms with Crippen molar-refractivity contribution in [3.05, 3.63) is 35.7 Å². The predicted molar refractivity (Wildman–Crippen MR) is 79.7 cm³/mol. The molecule has 3 rings (SSSR count). The van der Waals surface area contributed by atoms with E-state index in [9.17, 15) is 0 Å². The van der Waals surface area contributed by atoms with Crippen LogP contribution in [0.3, 0.4) is 0 Å². The molecule has 0 fully saturated rings. The number of hydrogen-bond donors (Lipinski definition) is 1. The summed E-state index contributed by atoms with van der Waals surface area (Å²) in [5.41, 5.74) is 5.58. The van der Waals surface area contributed by atoms with E-state index in [2.05, 4.69) is 15.5 Å². The van der Waals surface area contributed by atoms with E-state index in [1.807, 2.05) is 49.6 Å². The SMILES string of the molecule is CC(C)=NNc1nc(-c2cc3ccccc3o2)cs1. The zero-order valence-electron chi connectivity index (χ0n) is 10.7. The van der Waals surface area contributed by atoms with Crippen LogP contribution in [0.5, 0.6) is 0 Å². The van der Waals surface area contributed by atoms with Crippen molar-refractivity contribution in [2.75, 3.05) is 5.43 Å². The van der Waals surface area contributed by atoms with Gasteiger partial charge in [0.15, 0.2) is 5.76 Å². The van der Waals surface area contributed by atoms with Gasteiger partial charge in [-0.3, -0.25) is 5.43 Å². The number of anilines is 1. The number of hydrazone groups is 1. The van der Waals surface area contributed by atoms with Crippen LogP contribution in [-0.4, -0.2) is 10.7 Å². The number of benzene rings is 1. The number of rotatable bonds is 3. The molecular formula is C14H13N3OS. The maximum Gasteiger partial charge on any atom is 0.203 e. The van der Waals surface area contributed by atoms with Crippen LogP contribution < -0.4 is 5.43 Å². The third-order valence-electron chi connectivity index (χ3n) is 2.56. The first-order valence-corrected chi connectivity index (χ1v) is 6.82. The van der Waals surface area contributed by atoms with Crippen LogP contribution in [0.15, 0.2) is 45.2 Å². The number of nitrogens with zero attached hydrogens (tertiary/aromatic N) is 2. The van der Waals surface area contributed by atoms with Gasteiger partial charge in [0.2, 0.25) is 5.13 Å². The molecule has 1 N–H and O–H groups in total. The first kappa shape index (κ1) is 11.9. The Kier molecular flexibility index (Phi) is 3.05. The minimum absolute atomic E-state index is 0.761. The first-order chi connectivity index (χ1) is 9.22. The Bertz CT molecular complexity index is 705.